The van der Waals surface area contributed by atoms with Crippen LogP contribution in [-0.2, 0) is 6.54 Å². The fourth-order valence-electron chi connectivity index (χ4n) is 2.00. The Kier molecular flexibility index (Phi) is 4.70. The zero-order valence-corrected chi connectivity index (χ0v) is 11.8. The Morgan fingerprint density at radius 1 is 1.19 bits per heavy atom. The minimum absolute atomic E-state index is 0.126. The van der Waals surface area contributed by atoms with Gasteiger partial charge in [-0.15, -0.1) is 0 Å². The second-order valence-corrected chi connectivity index (χ2v) is 4.83. The zero-order chi connectivity index (χ0) is 15.2. The van der Waals surface area contributed by atoms with E-state index in [9.17, 15) is 4.79 Å². The highest BCUT2D eigenvalue weighted by molar-refractivity contribution is 5.94. The highest BCUT2D eigenvalue weighted by atomic mass is 16.1. The van der Waals surface area contributed by atoms with E-state index in [1.807, 2.05) is 31.2 Å². The summed E-state index contributed by atoms with van der Waals surface area (Å²) in [4.78, 5) is 12.2. The molecule has 0 fully saturated rings. The number of rotatable bonds is 4. The Morgan fingerprint density at radius 3 is 2.33 bits per heavy atom. The fourth-order valence-corrected chi connectivity index (χ4v) is 2.00. The number of nitriles is 1. The second-order valence-electron chi connectivity index (χ2n) is 4.83. The van der Waals surface area contributed by atoms with Gasteiger partial charge < -0.3 is 11.1 Å². The SMILES string of the molecule is CC(NC(=O)c1ccc(CN)cc1)c1ccc(C#N)cc1. The summed E-state index contributed by atoms with van der Waals surface area (Å²) in [6.45, 7) is 2.37. The normalized spacial score (nSPS) is 11.5. The van der Waals surface area contributed by atoms with Crippen LogP contribution in [0.2, 0.25) is 0 Å². The Labute approximate surface area is 124 Å². The number of carbonyl (C=O) groups excluding carboxylic acids is 1. The molecule has 2 aromatic carbocycles. The van der Waals surface area contributed by atoms with Crippen molar-refractivity contribution >= 4 is 5.91 Å². The zero-order valence-electron chi connectivity index (χ0n) is 11.8. The van der Waals surface area contributed by atoms with E-state index in [2.05, 4.69) is 11.4 Å². The van der Waals surface area contributed by atoms with Crippen molar-refractivity contribution in [3.63, 3.8) is 0 Å². The van der Waals surface area contributed by atoms with Crippen molar-refractivity contribution in [3.8, 4) is 6.07 Å². The molecular formula is C17H17N3O. The van der Waals surface area contributed by atoms with Gasteiger partial charge in [-0.1, -0.05) is 24.3 Å². The molecule has 0 radical (unpaired) electrons. The molecule has 2 rings (SSSR count). The average molecular weight is 279 g/mol. The van der Waals surface area contributed by atoms with E-state index in [0.717, 1.165) is 11.1 Å². The van der Waals surface area contributed by atoms with Gasteiger partial charge in [0.05, 0.1) is 17.7 Å². The van der Waals surface area contributed by atoms with Gasteiger partial charge in [-0.2, -0.15) is 5.26 Å². The highest BCUT2D eigenvalue weighted by Crippen LogP contribution is 2.14. The minimum atomic E-state index is -0.129. The number of hydrogen-bond acceptors (Lipinski definition) is 3. The summed E-state index contributed by atoms with van der Waals surface area (Å²) in [6, 6.07) is 16.4. The standard InChI is InChI=1S/C17H17N3O/c1-12(15-6-2-13(10-18)3-7-15)20-17(21)16-8-4-14(11-19)5-9-16/h2-9,12H,11,19H2,1H3,(H,20,21). The van der Waals surface area contributed by atoms with Crippen molar-refractivity contribution in [2.24, 2.45) is 5.73 Å². The third kappa shape index (κ3) is 3.68. The van der Waals surface area contributed by atoms with Crippen molar-refractivity contribution in [1.82, 2.24) is 5.32 Å². The lowest BCUT2D eigenvalue weighted by molar-refractivity contribution is 0.0940. The van der Waals surface area contributed by atoms with E-state index in [4.69, 9.17) is 11.0 Å². The van der Waals surface area contributed by atoms with Crippen molar-refractivity contribution in [2.75, 3.05) is 0 Å². The van der Waals surface area contributed by atoms with Gasteiger partial charge in [-0.25, -0.2) is 0 Å². The van der Waals surface area contributed by atoms with Crippen LogP contribution >= 0.6 is 0 Å². The maximum atomic E-state index is 12.2. The predicted molar refractivity (Wildman–Crippen MR) is 81.4 cm³/mol. The van der Waals surface area contributed by atoms with Crippen LogP contribution in [0.25, 0.3) is 0 Å². The Balaban J connectivity index is 2.05. The summed E-state index contributed by atoms with van der Waals surface area (Å²) in [5.41, 5.74) is 8.69. The number of nitrogens with zero attached hydrogens (tertiary/aromatic N) is 1. The van der Waals surface area contributed by atoms with Crippen molar-refractivity contribution in [2.45, 2.75) is 19.5 Å². The van der Waals surface area contributed by atoms with Crippen LogP contribution in [0, 0.1) is 11.3 Å². The number of hydrogen-bond donors (Lipinski definition) is 2. The smallest absolute Gasteiger partial charge is 0.251 e. The topological polar surface area (TPSA) is 78.9 Å². The third-order valence-corrected chi connectivity index (χ3v) is 3.34. The van der Waals surface area contributed by atoms with Gasteiger partial charge in [0.25, 0.3) is 5.91 Å². The minimum Gasteiger partial charge on any atom is -0.346 e. The fraction of sp³-hybridized carbons (Fsp3) is 0.176. The van der Waals surface area contributed by atoms with E-state index >= 15 is 0 Å². The summed E-state index contributed by atoms with van der Waals surface area (Å²) < 4.78 is 0. The molecule has 2 aromatic rings. The Hall–Kier alpha value is -2.64. The molecule has 1 amide bonds. The average Bonchev–Trinajstić information content (AvgIpc) is 2.55. The summed E-state index contributed by atoms with van der Waals surface area (Å²) in [6.07, 6.45) is 0. The molecule has 0 aromatic heterocycles. The van der Waals surface area contributed by atoms with Crippen LogP contribution in [0.15, 0.2) is 48.5 Å². The van der Waals surface area contributed by atoms with Gasteiger partial charge in [0.2, 0.25) is 0 Å². The Bertz CT molecular complexity index is 654. The van der Waals surface area contributed by atoms with Gasteiger partial charge in [0, 0.05) is 12.1 Å². The maximum Gasteiger partial charge on any atom is 0.251 e. The van der Waals surface area contributed by atoms with Gasteiger partial charge in [0.15, 0.2) is 0 Å². The van der Waals surface area contributed by atoms with E-state index in [0.29, 0.717) is 17.7 Å². The van der Waals surface area contributed by atoms with Gasteiger partial charge >= 0.3 is 0 Å². The molecule has 0 aliphatic rings. The molecule has 0 bridgehead atoms. The first-order valence-corrected chi connectivity index (χ1v) is 6.74. The van der Waals surface area contributed by atoms with E-state index in [1.165, 1.54) is 0 Å². The number of amides is 1. The molecule has 0 heterocycles. The number of nitrogens with two attached hydrogens (primary N) is 1. The molecule has 0 saturated carbocycles. The summed E-state index contributed by atoms with van der Waals surface area (Å²) in [7, 11) is 0. The second kappa shape index (κ2) is 6.69. The maximum absolute atomic E-state index is 12.2. The highest BCUT2D eigenvalue weighted by Gasteiger charge is 2.11. The van der Waals surface area contributed by atoms with Gasteiger partial charge in [-0.3, -0.25) is 4.79 Å². The Morgan fingerprint density at radius 2 is 1.81 bits per heavy atom. The monoisotopic (exact) mass is 279 g/mol. The summed E-state index contributed by atoms with van der Waals surface area (Å²) >= 11 is 0. The van der Waals surface area contributed by atoms with Crippen molar-refractivity contribution < 1.29 is 4.79 Å². The van der Waals surface area contributed by atoms with Crippen LogP contribution in [0.3, 0.4) is 0 Å². The quantitative estimate of drug-likeness (QED) is 0.902. The largest absolute Gasteiger partial charge is 0.346 e. The molecule has 1 atom stereocenters. The number of carbonyl (C=O) groups is 1. The summed E-state index contributed by atoms with van der Waals surface area (Å²) in [5.74, 6) is -0.129. The van der Waals surface area contributed by atoms with Crippen LogP contribution in [0.4, 0.5) is 0 Å². The third-order valence-electron chi connectivity index (χ3n) is 3.34. The van der Waals surface area contributed by atoms with Crippen LogP contribution < -0.4 is 11.1 Å². The summed E-state index contributed by atoms with van der Waals surface area (Å²) in [5, 5.41) is 11.7. The molecule has 0 aliphatic carbocycles. The molecule has 21 heavy (non-hydrogen) atoms. The first kappa shape index (κ1) is 14.8. The molecule has 3 N–H and O–H groups in total. The van der Waals surface area contributed by atoms with E-state index in [1.54, 1.807) is 24.3 Å². The first-order chi connectivity index (χ1) is 10.1. The predicted octanol–water partition coefficient (Wildman–Crippen LogP) is 2.51. The molecule has 4 heteroatoms. The van der Waals surface area contributed by atoms with Gasteiger partial charge in [0.1, 0.15) is 0 Å². The van der Waals surface area contributed by atoms with Crippen LogP contribution in [0.1, 0.15) is 40.0 Å². The van der Waals surface area contributed by atoms with E-state index < -0.39 is 0 Å². The molecule has 1 unspecified atom stereocenters. The first-order valence-electron chi connectivity index (χ1n) is 6.74. The molecular weight excluding hydrogens is 262 g/mol. The number of benzene rings is 2. The van der Waals surface area contributed by atoms with E-state index in [-0.39, 0.29) is 11.9 Å². The van der Waals surface area contributed by atoms with Crippen LogP contribution in [-0.4, -0.2) is 5.91 Å². The molecule has 4 nitrogen and oxygen atoms in total. The lowest BCUT2D eigenvalue weighted by atomic mass is 10.1. The lowest BCUT2D eigenvalue weighted by Gasteiger charge is -2.14. The van der Waals surface area contributed by atoms with Crippen molar-refractivity contribution in [3.05, 3.63) is 70.8 Å². The molecule has 0 aliphatic heterocycles. The van der Waals surface area contributed by atoms with Crippen LogP contribution in [0.5, 0.6) is 0 Å². The van der Waals surface area contributed by atoms with Crippen molar-refractivity contribution in [1.29, 1.82) is 5.26 Å². The molecule has 0 spiro atoms. The molecule has 106 valence electrons. The lowest BCUT2D eigenvalue weighted by Crippen LogP contribution is -2.26. The van der Waals surface area contributed by atoms with Gasteiger partial charge in [-0.05, 0) is 42.3 Å². The molecule has 0 saturated heterocycles. The number of nitrogens with one attached hydrogen (secondary N) is 1.